The van der Waals surface area contributed by atoms with E-state index in [-0.39, 0.29) is 12.0 Å². The zero-order valence-electron chi connectivity index (χ0n) is 14.4. The number of rotatable bonds is 7. The first-order valence-corrected chi connectivity index (χ1v) is 9.48. The van der Waals surface area contributed by atoms with E-state index in [4.69, 9.17) is 4.74 Å². The molecule has 1 atom stereocenters. The number of H-pyrrole nitrogens is 1. The fourth-order valence-corrected chi connectivity index (χ4v) is 3.88. The minimum Gasteiger partial charge on any atom is -0.376 e. The number of aromatic amines is 1. The van der Waals surface area contributed by atoms with Gasteiger partial charge in [0.05, 0.1) is 11.8 Å². The number of ether oxygens (including phenoxy) is 1. The summed E-state index contributed by atoms with van der Waals surface area (Å²) in [6, 6.07) is 2.09. The molecule has 3 rings (SSSR count). The normalized spacial score (nSPS) is 17.3. The van der Waals surface area contributed by atoms with Crippen LogP contribution in [0, 0.1) is 13.8 Å². The van der Waals surface area contributed by atoms with Crippen LogP contribution < -0.4 is 0 Å². The molecule has 2 aromatic heterocycles. The zero-order chi connectivity index (χ0) is 16.9. The quantitative estimate of drug-likeness (QED) is 0.836. The van der Waals surface area contributed by atoms with Crippen LogP contribution in [0.3, 0.4) is 0 Å². The third kappa shape index (κ3) is 4.24. The highest BCUT2D eigenvalue weighted by molar-refractivity contribution is 7.07. The van der Waals surface area contributed by atoms with Crippen LogP contribution in [0.5, 0.6) is 0 Å². The molecule has 1 aliphatic rings. The van der Waals surface area contributed by atoms with E-state index in [0.29, 0.717) is 19.5 Å². The molecule has 1 unspecified atom stereocenters. The minimum atomic E-state index is 0.185. The Labute approximate surface area is 147 Å². The molecule has 0 bridgehead atoms. The second-order valence-electron chi connectivity index (χ2n) is 6.45. The molecule has 5 nitrogen and oxygen atoms in total. The molecule has 0 aromatic carbocycles. The van der Waals surface area contributed by atoms with E-state index < -0.39 is 0 Å². The van der Waals surface area contributed by atoms with Crippen molar-refractivity contribution in [1.82, 2.24) is 15.1 Å². The summed E-state index contributed by atoms with van der Waals surface area (Å²) in [6.07, 6.45) is 3.58. The number of nitrogens with one attached hydrogen (secondary N) is 1. The highest BCUT2D eigenvalue weighted by atomic mass is 32.1. The summed E-state index contributed by atoms with van der Waals surface area (Å²) in [7, 11) is 0. The van der Waals surface area contributed by atoms with Gasteiger partial charge in [-0.15, -0.1) is 0 Å². The van der Waals surface area contributed by atoms with Gasteiger partial charge in [0.2, 0.25) is 5.91 Å². The van der Waals surface area contributed by atoms with Crippen LogP contribution in [0.15, 0.2) is 16.8 Å². The largest absolute Gasteiger partial charge is 0.376 e. The number of hydrogen-bond acceptors (Lipinski definition) is 4. The smallest absolute Gasteiger partial charge is 0.223 e. The molecule has 1 saturated heterocycles. The third-order valence-corrected chi connectivity index (χ3v) is 5.36. The molecular formula is C18H25N3O2S. The van der Waals surface area contributed by atoms with E-state index >= 15 is 0 Å². The van der Waals surface area contributed by atoms with Gasteiger partial charge >= 0.3 is 0 Å². The molecule has 2 aromatic rings. The van der Waals surface area contributed by atoms with Crippen molar-refractivity contribution in [2.75, 3.05) is 13.2 Å². The number of hydrogen-bond donors (Lipinski definition) is 1. The van der Waals surface area contributed by atoms with Gasteiger partial charge in [-0.3, -0.25) is 9.89 Å². The van der Waals surface area contributed by atoms with Gasteiger partial charge in [0.25, 0.3) is 0 Å². The molecule has 1 N–H and O–H groups in total. The van der Waals surface area contributed by atoms with Crippen LogP contribution in [-0.4, -0.2) is 40.3 Å². The van der Waals surface area contributed by atoms with E-state index in [1.807, 2.05) is 18.7 Å². The zero-order valence-corrected chi connectivity index (χ0v) is 15.2. The standard InChI is InChI=1S/C18H25N3O2S/c1-13-17(14(2)20-19-13)5-6-18(22)21(10-15-7-9-24-12-15)11-16-4-3-8-23-16/h7,9,12,16H,3-6,8,10-11H2,1-2H3,(H,19,20). The Morgan fingerprint density at radius 3 is 3.00 bits per heavy atom. The maximum Gasteiger partial charge on any atom is 0.223 e. The fourth-order valence-electron chi connectivity index (χ4n) is 3.22. The molecule has 130 valence electrons. The van der Waals surface area contributed by atoms with Crippen LogP contribution in [0.4, 0.5) is 0 Å². The average molecular weight is 347 g/mol. The SMILES string of the molecule is Cc1n[nH]c(C)c1CCC(=O)N(Cc1ccsc1)CC1CCCO1. The van der Waals surface area contributed by atoms with Gasteiger partial charge in [-0.25, -0.2) is 0 Å². The lowest BCUT2D eigenvalue weighted by Crippen LogP contribution is -2.37. The Hall–Kier alpha value is -1.66. The van der Waals surface area contributed by atoms with Gasteiger partial charge in [-0.1, -0.05) is 0 Å². The minimum absolute atomic E-state index is 0.185. The van der Waals surface area contributed by atoms with Crippen LogP contribution in [0.1, 0.15) is 41.8 Å². The summed E-state index contributed by atoms with van der Waals surface area (Å²) < 4.78 is 5.74. The van der Waals surface area contributed by atoms with Gasteiger partial charge in [0.15, 0.2) is 0 Å². The first-order chi connectivity index (χ1) is 11.6. The molecule has 3 heterocycles. The van der Waals surface area contributed by atoms with Crippen molar-refractivity contribution in [3.05, 3.63) is 39.3 Å². The third-order valence-electron chi connectivity index (χ3n) is 4.62. The molecule has 6 heteroatoms. The first-order valence-electron chi connectivity index (χ1n) is 8.54. The number of aryl methyl sites for hydroxylation is 2. The second kappa shape index (κ2) is 7.94. The van der Waals surface area contributed by atoms with E-state index in [0.717, 1.165) is 42.8 Å². The van der Waals surface area contributed by atoms with Gasteiger partial charge in [-0.2, -0.15) is 16.4 Å². The summed E-state index contributed by atoms with van der Waals surface area (Å²) in [5, 5.41) is 11.4. The number of aromatic nitrogens is 2. The van der Waals surface area contributed by atoms with Gasteiger partial charge < -0.3 is 9.64 Å². The van der Waals surface area contributed by atoms with E-state index in [1.165, 1.54) is 5.56 Å². The fraction of sp³-hybridized carbons (Fsp3) is 0.556. The maximum absolute atomic E-state index is 12.8. The Bertz CT molecular complexity index is 640. The van der Waals surface area contributed by atoms with E-state index in [1.54, 1.807) is 11.3 Å². The number of amides is 1. The van der Waals surface area contributed by atoms with Gasteiger partial charge in [-0.05, 0) is 61.1 Å². The summed E-state index contributed by atoms with van der Waals surface area (Å²) in [5.74, 6) is 0.191. The Balaban J connectivity index is 1.63. The second-order valence-corrected chi connectivity index (χ2v) is 7.23. The predicted molar refractivity (Wildman–Crippen MR) is 95.1 cm³/mol. The van der Waals surface area contributed by atoms with Crippen molar-refractivity contribution in [2.24, 2.45) is 0 Å². The lowest BCUT2D eigenvalue weighted by atomic mass is 10.1. The van der Waals surface area contributed by atoms with Crippen molar-refractivity contribution in [1.29, 1.82) is 0 Å². The molecular weight excluding hydrogens is 322 g/mol. The Morgan fingerprint density at radius 2 is 2.38 bits per heavy atom. The lowest BCUT2D eigenvalue weighted by molar-refractivity contribution is -0.133. The monoisotopic (exact) mass is 347 g/mol. The molecule has 1 aliphatic heterocycles. The van der Waals surface area contributed by atoms with E-state index in [9.17, 15) is 4.79 Å². The summed E-state index contributed by atoms with van der Waals surface area (Å²) in [6.45, 7) is 6.18. The van der Waals surface area contributed by atoms with Crippen molar-refractivity contribution in [2.45, 2.75) is 52.2 Å². The lowest BCUT2D eigenvalue weighted by Gasteiger charge is -2.25. The van der Waals surface area contributed by atoms with Crippen molar-refractivity contribution in [3.8, 4) is 0 Å². The molecule has 0 radical (unpaired) electrons. The number of carbonyl (C=O) groups excluding carboxylic acids is 1. The van der Waals surface area contributed by atoms with E-state index in [2.05, 4.69) is 27.0 Å². The van der Waals surface area contributed by atoms with Crippen molar-refractivity contribution >= 4 is 17.2 Å². The molecule has 0 saturated carbocycles. The Morgan fingerprint density at radius 1 is 1.50 bits per heavy atom. The Kier molecular flexibility index (Phi) is 5.68. The maximum atomic E-state index is 12.8. The molecule has 24 heavy (non-hydrogen) atoms. The molecule has 1 amide bonds. The highest BCUT2D eigenvalue weighted by Gasteiger charge is 2.23. The van der Waals surface area contributed by atoms with Crippen LogP contribution >= 0.6 is 11.3 Å². The molecule has 0 aliphatic carbocycles. The molecule has 0 spiro atoms. The van der Waals surface area contributed by atoms with Crippen LogP contribution in [-0.2, 0) is 22.5 Å². The van der Waals surface area contributed by atoms with Gasteiger partial charge in [0.1, 0.15) is 0 Å². The molecule has 1 fully saturated rings. The predicted octanol–water partition coefficient (Wildman–Crippen LogP) is 3.23. The van der Waals surface area contributed by atoms with Crippen LogP contribution in [0.25, 0.3) is 0 Å². The summed E-state index contributed by atoms with van der Waals surface area (Å²) in [5.41, 5.74) is 4.41. The first kappa shape index (κ1) is 17.2. The average Bonchev–Trinajstić information content (AvgIpc) is 3.30. The van der Waals surface area contributed by atoms with Gasteiger partial charge in [0, 0.05) is 31.8 Å². The van der Waals surface area contributed by atoms with Crippen molar-refractivity contribution in [3.63, 3.8) is 0 Å². The topological polar surface area (TPSA) is 58.2 Å². The number of carbonyl (C=O) groups is 1. The summed E-state index contributed by atoms with van der Waals surface area (Å²) in [4.78, 5) is 14.8. The van der Waals surface area contributed by atoms with Crippen LogP contribution in [0.2, 0.25) is 0 Å². The summed E-state index contributed by atoms with van der Waals surface area (Å²) >= 11 is 1.67. The highest BCUT2D eigenvalue weighted by Crippen LogP contribution is 2.18. The number of thiophene rings is 1. The number of nitrogens with zero attached hydrogens (tertiary/aromatic N) is 2. The van der Waals surface area contributed by atoms with Crippen molar-refractivity contribution < 1.29 is 9.53 Å².